The van der Waals surface area contributed by atoms with Crippen LogP contribution in [0.4, 0.5) is 11.4 Å². The molecule has 2 heterocycles. The summed E-state index contributed by atoms with van der Waals surface area (Å²) in [6, 6.07) is 10.5. The number of halogens is 1. The largest absolute Gasteiger partial charge is 0.486 e. The molecule has 2 aromatic carbocycles. The maximum atomic E-state index is 12.4. The number of amides is 2. The molecule has 6 nitrogen and oxygen atoms in total. The summed E-state index contributed by atoms with van der Waals surface area (Å²) < 4.78 is 11.0. The van der Waals surface area contributed by atoms with Crippen molar-refractivity contribution in [2.75, 3.05) is 23.8 Å². The molecule has 0 aliphatic carbocycles. The number of ether oxygens (including phenoxy) is 2. The van der Waals surface area contributed by atoms with Gasteiger partial charge in [-0.2, -0.15) is 0 Å². The van der Waals surface area contributed by atoms with E-state index >= 15 is 0 Å². The molecule has 0 saturated heterocycles. The molecule has 0 fully saturated rings. The van der Waals surface area contributed by atoms with Gasteiger partial charge in [-0.1, -0.05) is 11.6 Å². The highest BCUT2D eigenvalue weighted by atomic mass is 35.5. The molecule has 0 saturated carbocycles. The van der Waals surface area contributed by atoms with E-state index in [0.717, 1.165) is 4.90 Å². The van der Waals surface area contributed by atoms with Crippen molar-refractivity contribution in [2.24, 2.45) is 0 Å². The Kier molecular flexibility index (Phi) is 4.65. The highest BCUT2D eigenvalue weighted by Crippen LogP contribution is 2.38. The zero-order chi connectivity index (χ0) is 18.1. The average Bonchev–Trinajstić information content (AvgIpc) is 2.62. The normalized spacial score (nSPS) is 17.9. The number of fused-ring (bicyclic) bond motifs is 2. The van der Waals surface area contributed by atoms with E-state index in [0.29, 0.717) is 41.1 Å². The molecule has 0 radical (unpaired) electrons. The van der Waals surface area contributed by atoms with Crippen LogP contribution in [0.25, 0.3) is 0 Å². The summed E-state index contributed by atoms with van der Waals surface area (Å²) in [4.78, 5) is 25.5. The van der Waals surface area contributed by atoms with E-state index in [2.05, 4.69) is 10.6 Å². The number of anilines is 2. The van der Waals surface area contributed by atoms with Gasteiger partial charge in [0, 0.05) is 28.1 Å². The fourth-order valence-electron chi connectivity index (χ4n) is 2.76. The molecule has 2 N–H and O–H groups in total. The fraction of sp³-hybridized carbons (Fsp3) is 0.222. The van der Waals surface area contributed by atoms with Crippen molar-refractivity contribution in [1.29, 1.82) is 0 Å². The van der Waals surface area contributed by atoms with E-state index in [1.165, 1.54) is 11.8 Å². The Morgan fingerprint density at radius 2 is 2.00 bits per heavy atom. The van der Waals surface area contributed by atoms with Crippen LogP contribution in [-0.2, 0) is 9.59 Å². The van der Waals surface area contributed by atoms with Gasteiger partial charge in [0.2, 0.25) is 11.8 Å². The first-order chi connectivity index (χ1) is 12.6. The van der Waals surface area contributed by atoms with Gasteiger partial charge in [0.15, 0.2) is 11.5 Å². The number of hydrogen-bond donors (Lipinski definition) is 2. The highest BCUT2D eigenvalue weighted by molar-refractivity contribution is 8.01. The highest BCUT2D eigenvalue weighted by Gasteiger charge is 2.29. The lowest BCUT2D eigenvalue weighted by molar-refractivity contribution is -0.120. The minimum absolute atomic E-state index is 0.0625. The second kappa shape index (κ2) is 7.09. The molecule has 2 aromatic rings. The number of carbonyl (C=O) groups excluding carboxylic acids is 2. The van der Waals surface area contributed by atoms with Gasteiger partial charge in [-0.15, -0.1) is 11.8 Å². The summed E-state index contributed by atoms with van der Waals surface area (Å²) in [5.41, 5.74) is 1.28. The summed E-state index contributed by atoms with van der Waals surface area (Å²) in [5.74, 6) is 0.810. The molecule has 4 rings (SSSR count). The third kappa shape index (κ3) is 3.59. The van der Waals surface area contributed by atoms with E-state index in [4.69, 9.17) is 21.1 Å². The Labute approximate surface area is 159 Å². The van der Waals surface area contributed by atoms with E-state index in [-0.39, 0.29) is 18.2 Å². The number of rotatable bonds is 3. The van der Waals surface area contributed by atoms with E-state index in [1.807, 2.05) is 6.07 Å². The van der Waals surface area contributed by atoms with Crippen molar-refractivity contribution in [3.8, 4) is 11.5 Å². The van der Waals surface area contributed by atoms with Gasteiger partial charge in [0.25, 0.3) is 0 Å². The van der Waals surface area contributed by atoms with Crippen molar-refractivity contribution >= 4 is 46.6 Å². The molecular weight excluding hydrogens is 376 g/mol. The monoisotopic (exact) mass is 390 g/mol. The van der Waals surface area contributed by atoms with Crippen molar-refractivity contribution in [3.05, 3.63) is 41.4 Å². The average molecular weight is 391 g/mol. The smallest absolute Gasteiger partial charge is 0.238 e. The quantitative estimate of drug-likeness (QED) is 0.838. The number of carbonyl (C=O) groups is 2. The van der Waals surface area contributed by atoms with Crippen LogP contribution < -0.4 is 20.1 Å². The zero-order valence-corrected chi connectivity index (χ0v) is 15.2. The van der Waals surface area contributed by atoms with Crippen LogP contribution in [-0.4, -0.2) is 30.3 Å². The second-order valence-electron chi connectivity index (χ2n) is 5.85. The first kappa shape index (κ1) is 17.1. The van der Waals surface area contributed by atoms with Crippen LogP contribution in [0.2, 0.25) is 5.02 Å². The minimum Gasteiger partial charge on any atom is -0.486 e. The van der Waals surface area contributed by atoms with Crippen LogP contribution in [0.3, 0.4) is 0 Å². The molecule has 0 aromatic heterocycles. The number of thioether (sulfide) groups is 1. The molecule has 8 heteroatoms. The lowest BCUT2D eigenvalue weighted by Gasteiger charge is -2.24. The topological polar surface area (TPSA) is 76.7 Å². The Hall–Kier alpha value is -2.38. The van der Waals surface area contributed by atoms with Crippen LogP contribution in [0.15, 0.2) is 41.3 Å². The first-order valence-corrected chi connectivity index (χ1v) is 9.31. The summed E-state index contributed by atoms with van der Waals surface area (Å²) in [5, 5.41) is 5.66. The molecule has 1 atom stereocenters. The maximum Gasteiger partial charge on any atom is 0.238 e. The summed E-state index contributed by atoms with van der Waals surface area (Å²) in [6.07, 6.45) is 0.0625. The lowest BCUT2D eigenvalue weighted by atomic mass is 10.2. The van der Waals surface area contributed by atoms with E-state index in [9.17, 15) is 9.59 Å². The lowest BCUT2D eigenvalue weighted by Crippen LogP contribution is -2.32. The number of hydrogen-bond acceptors (Lipinski definition) is 5. The molecule has 26 heavy (non-hydrogen) atoms. The van der Waals surface area contributed by atoms with Gasteiger partial charge in [-0.25, -0.2) is 0 Å². The Bertz CT molecular complexity index is 889. The van der Waals surface area contributed by atoms with Crippen molar-refractivity contribution < 1.29 is 19.1 Å². The molecule has 2 amide bonds. The SMILES string of the molecule is O=C(CC1Sc2ccc(Cl)cc2NC1=O)Nc1ccc2c(c1)OCCO2. The third-order valence-electron chi connectivity index (χ3n) is 3.96. The van der Waals surface area contributed by atoms with E-state index < -0.39 is 5.25 Å². The minimum atomic E-state index is -0.499. The van der Waals surface area contributed by atoms with Gasteiger partial charge in [-0.05, 0) is 30.3 Å². The summed E-state index contributed by atoms with van der Waals surface area (Å²) >= 11 is 7.30. The molecule has 2 aliphatic rings. The van der Waals surface area contributed by atoms with Gasteiger partial charge >= 0.3 is 0 Å². The predicted octanol–water partition coefficient (Wildman–Crippen LogP) is 3.55. The van der Waals surface area contributed by atoms with Crippen molar-refractivity contribution in [2.45, 2.75) is 16.6 Å². The van der Waals surface area contributed by atoms with Gasteiger partial charge in [0.1, 0.15) is 13.2 Å². The Balaban J connectivity index is 1.42. The second-order valence-corrected chi connectivity index (χ2v) is 7.53. The standard InChI is InChI=1S/C18H15ClN2O4S/c19-10-1-4-15-12(7-10)21-18(23)16(26-15)9-17(22)20-11-2-3-13-14(8-11)25-6-5-24-13/h1-4,7-8,16H,5-6,9H2,(H,20,22)(H,21,23). The van der Waals surface area contributed by atoms with Gasteiger partial charge < -0.3 is 20.1 Å². The molecule has 1 unspecified atom stereocenters. The summed E-state index contributed by atoms with van der Waals surface area (Å²) in [7, 11) is 0. The van der Waals surface area contributed by atoms with Crippen molar-refractivity contribution in [1.82, 2.24) is 0 Å². The van der Waals surface area contributed by atoms with Crippen LogP contribution in [0.5, 0.6) is 11.5 Å². The third-order valence-corrected chi connectivity index (χ3v) is 5.47. The van der Waals surface area contributed by atoms with Gasteiger partial charge in [-0.3, -0.25) is 9.59 Å². The Morgan fingerprint density at radius 3 is 2.85 bits per heavy atom. The zero-order valence-electron chi connectivity index (χ0n) is 13.6. The van der Waals surface area contributed by atoms with Gasteiger partial charge in [0.05, 0.1) is 10.9 Å². The summed E-state index contributed by atoms with van der Waals surface area (Å²) in [6.45, 7) is 0.992. The number of benzene rings is 2. The van der Waals surface area contributed by atoms with Crippen molar-refractivity contribution in [3.63, 3.8) is 0 Å². The number of nitrogens with one attached hydrogen (secondary N) is 2. The molecule has 0 bridgehead atoms. The predicted molar refractivity (Wildman–Crippen MR) is 100 cm³/mol. The Morgan fingerprint density at radius 1 is 1.19 bits per heavy atom. The van der Waals surface area contributed by atoms with Crippen LogP contribution in [0.1, 0.15) is 6.42 Å². The van der Waals surface area contributed by atoms with Crippen LogP contribution >= 0.6 is 23.4 Å². The molecule has 134 valence electrons. The first-order valence-electron chi connectivity index (χ1n) is 8.05. The fourth-order valence-corrected chi connectivity index (χ4v) is 4.02. The van der Waals surface area contributed by atoms with Crippen LogP contribution in [0, 0.1) is 0 Å². The molecule has 2 aliphatic heterocycles. The molecular formula is C18H15ClN2O4S. The molecule has 0 spiro atoms. The maximum absolute atomic E-state index is 12.4. The van der Waals surface area contributed by atoms with E-state index in [1.54, 1.807) is 30.3 Å².